The van der Waals surface area contributed by atoms with Crippen molar-refractivity contribution in [3.05, 3.63) is 57.1 Å². The van der Waals surface area contributed by atoms with Gasteiger partial charge in [0.25, 0.3) is 11.5 Å². The van der Waals surface area contributed by atoms with Gasteiger partial charge in [-0.25, -0.2) is 0 Å². The molecule has 0 atom stereocenters. The summed E-state index contributed by atoms with van der Waals surface area (Å²) in [5.74, 6) is -0.186. The second kappa shape index (κ2) is 10.4. The first-order valence-electron chi connectivity index (χ1n) is 13.1. The molecule has 0 unspecified atom stereocenters. The second-order valence-electron chi connectivity index (χ2n) is 10.2. The lowest BCUT2D eigenvalue weighted by atomic mass is 10.1. The van der Waals surface area contributed by atoms with E-state index in [2.05, 4.69) is 30.8 Å². The number of hydrogen-bond donors (Lipinski definition) is 3. The van der Waals surface area contributed by atoms with Gasteiger partial charge >= 0.3 is 0 Å². The number of benzene rings is 1. The van der Waals surface area contributed by atoms with Crippen molar-refractivity contribution in [2.75, 3.05) is 44.2 Å². The number of nitrogens with two attached hydrogens (primary N) is 1. The third-order valence-electron chi connectivity index (χ3n) is 7.72. The van der Waals surface area contributed by atoms with Crippen molar-refractivity contribution >= 4 is 22.5 Å². The van der Waals surface area contributed by atoms with Gasteiger partial charge in [-0.1, -0.05) is 12.8 Å². The highest BCUT2D eigenvalue weighted by Gasteiger charge is 2.24. The minimum Gasteiger partial charge on any atom is -0.369 e. The number of aryl methyl sites for hydroxylation is 2. The molecule has 1 saturated heterocycles. The van der Waals surface area contributed by atoms with E-state index >= 15 is 0 Å². The Kier molecular flexibility index (Phi) is 7.11. The molecule has 3 aromatic rings. The monoisotopic (exact) mass is 491 g/mol. The molecule has 2 aliphatic rings. The summed E-state index contributed by atoms with van der Waals surface area (Å²) in [6.45, 7) is 9.20. The Morgan fingerprint density at radius 1 is 1.14 bits per heavy atom. The smallest absolute Gasteiger partial charge is 0.253 e. The van der Waals surface area contributed by atoms with Crippen molar-refractivity contribution in [2.24, 2.45) is 5.73 Å². The van der Waals surface area contributed by atoms with E-state index in [1.165, 1.54) is 12.8 Å². The zero-order chi connectivity index (χ0) is 25.2. The molecule has 0 radical (unpaired) electrons. The molecular formula is C27H37N7O2. The highest BCUT2D eigenvalue weighted by Crippen LogP contribution is 2.34. The number of fused-ring (bicyclic) bond motifs is 1. The number of carbonyl (C=O) groups is 1. The molecule has 4 N–H and O–H groups in total. The zero-order valence-electron chi connectivity index (χ0n) is 21.3. The van der Waals surface area contributed by atoms with Crippen molar-refractivity contribution in [3.63, 3.8) is 0 Å². The SMILES string of the molecule is Cc1cc(C)c(CNC(=O)c2cc(N3CCN(CCN)CC3)cc3c2cnn3C2CCCC2)c(=O)[nH]1. The van der Waals surface area contributed by atoms with Gasteiger partial charge in [0.2, 0.25) is 0 Å². The van der Waals surface area contributed by atoms with Gasteiger partial charge in [0.1, 0.15) is 0 Å². The predicted molar refractivity (Wildman–Crippen MR) is 143 cm³/mol. The topological polar surface area (TPSA) is 112 Å². The van der Waals surface area contributed by atoms with E-state index in [-0.39, 0.29) is 18.0 Å². The fraction of sp³-hybridized carbons (Fsp3) is 0.519. The molecule has 2 fully saturated rings. The first kappa shape index (κ1) is 24.5. The van der Waals surface area contributed by atoms with Gasteiger partial charge in [0, 0.05) is 68.1 Å². The van der Waals surface area contributed by atoms with Gasteiger partial charge in [-0.05, 0) is 50.5 Å². The summed E-state index contributed by atoms with van der Waals surface area (Å²) in [6, 6.07) is 6.50. The fourth-order valence-electron chi connectivity index (χ4n) is 5.72. The molecule has 1 saturated carbocycles. The van der Waals surface area contributed by atoms with E-state index < -0.39 is 0 Å². The van der Waals surface area contributed by atoms with Crippen LogP contribution in [0.1, 0.15) is 58.9 Å². The van der Waals surface area contributed by atoms with Gasteiger partial charge in [-0.15, -0.1) is 0 Å². The highest BCUT2D eigenvalue weighted by atomic mass is 16.1. The summed E-state index contributed by atoms with van der Waals surface area (Å²) < 4.78 is 2.13. The quantitative estimate of drug-likeness (QED) is 0.468. The van der Waals surface area contributed by atoms with Crippen LogP contribution in [-0.2, 0) is 6.54 Å². The lowest BCUT2D eigenvalue weighted by Gasteiger charge is -2.36. The molecular weight excluding hydrogens is 454 g/mol. The number of amides is 1. The van der Waals surface area contributed by atoms with E-state index in [1.807, 2.05) is 32.2 Å². The Hall–Kier alpha value is -3.17. The maximum atomic E-state index is 13.5. The van der Waals surface area contributed by atoms with Crippen molar-refractivity contribution in [3.8, 4) is 0 Å². The average molecular weight is 492 g/mol. The molecule has 192 valence electrons. The van der Waals surface area contributed by atoms with Crippen molar-refractivity contribution < 1.29 is 4.79 Å². The number of aromatic amines is 1. The molecule has 0 spiro atoms. The van der Waals surface area contributed by atoms with Crippen LogP contribution >= 0.6 is 0 Å². The number of nitrogens with zero attached hydrogens (tertiary/aromatic N) is 4. The van der Waals surface area contributed by atoms with E-state index in [0.29, 0.717) is 23.7 Å². The van der Waals surface area contributed by atoms with E-state index in [0.717, 1.165) is 73.4 Å². The summed E-state index contributed by atoms with van der Waals surface area (Å²) in [5.41, 5.74) is 10.5. The fourth-order valence-corrected chi connectivity index (χ4v) is 5.72. The molecule has 0 bridgehead atoms. The van der Waals surface area contributed by atoms with Crippen LogP contribution in [0, 0.1) is 13.8 Å². The van der Waals surface area contributed by atoms with Gasteiger partial charge in [0.15, 0.2) is 0 Å². The van der Waals surface area contributed by atoms with Crippen molar-refractivity contribution in [1.82, 2.24) is 25.0 Å². The van der Waals surface area contributed by atoms with Crippen LogP contribution in [0.25, 0.3) is 10.9 Å². The lowest BCUT2D eigenvalue weighted by Crippen LogP contribution is -2.47. The standard InChI is InChI=1S/C27H37N7O2/c1-18-13-19(2)31-27(36)23(18)16-29-26(35)22-14-21(33-11-9-32(8-7-28)10-12-33)15-25-24(22)17-30-34(25)20-5-3-4-6-20/h13-15,17,20H,3-12,16,28H2,1-2H3,(H,29,35)(H,31,36). The minimum absolute atomic E-state index is 0.156. The Bertz CT molecular complexity index is 1300. The number of piperazine rings is 1. The molecule has 9 heteroatoms. The summed E-state index contributed by atoms with van der Waals surface area (Å²) >= 11 is 0. The van der Waals surface area contributed by atoms with E-state index in [9.17, 15) is 9.59 Å². The van der Waals surface area contributed by atoms with Gasteiger partial charge < -0.3 is 20.9 Å². The molecule has 36 heavy (non-hydrogen) atoms. The Morgan fingerprint density at radius 3 is 2.58 bits per heavy atom. The van der Waals surface area contributed by atoms with Gasteiger partial charge in [0.05, 0.1) is 23.3 Å². The molecule has 1 aliphatic heterocycles. The van der Waals surface area contributed by atoms with Crippen LogP contribution in [0.3, 0.4) is 0 Å². The second-order valence-corrected chi connectivity index (χ2v) is 10.2. The number of nitrogens with one attached hydrogen (secondary N) is 2. The van der Waals surface area contributed by atoms with Crippen LogP contribution in [-0.4, -0.2) is 64.8 Å². The van der Waals surface area contributed by atoms with Crippen LogP contribution in [0.4, 0.5) is 5.69 Å². The molecule has 2 aromatic heterocycles. The zero-order valence-corrected chi connectivity index (χ0v) is 21.3. The summed E-state index contributed by atoms with van der Waals surface area (Å²) in [6.07, 6.45) is 6.50. The number of anilines is 1. The summed E-state index contributed by atoms with van der Waals surface area (Å²) in [4.78, 5) is 33.6. The number of aromatic nitrogens is 3. The van der Waals surface area contributed by atoms with Crippen molar-refractivity contribution in [1.29, 1.82) is 0 Å². The predicted octanol–water partition coefficient (Wildman–Crippen LogP) is 2.47. The normalized spacial score (nSPS) is 17.2. The lowest BCUT2D eigenvalue weighted by molar-refractivity contribution is 0.0952. The highest BCUT2D eigenvalue weighted by molar-refractivity contribution is 6.07. The summed E-state index contributed by atoms with van der Waals surface area (Å²) in [5, 5.41) is 8.61. The Morgan fingerprint density at radius 2 is 1.89 bits per heavy atom. The maximum Gasteiger partial charge on any atom is 0.253 e. The Labute approximate surface area is 211 Å². The number of carbonyl (C=O) groups excluding carboxylic acids is 1. The van der Waals surface area contributed by atoms with Crippen LogP contribution in [0.2, 0.25) is 0 Å². The Balaban J connectivity index is 1.46. The summed E-state index contributed by atoms with van der Waals surface area (Å²) in [7, 11) is 0. The first-order chi connectivity index (χ1) is 17.4. The van der Waals surface area contributed by atoms with E-state index in [4.69, 9.17) is 10.8 Å². The van der Waals surface area contributed by atoms with E-state index in [1.54, 1.807) is 0 Å². The largest absolute Gasteiger partial charge is 0.369 e. The molecule has 1 amide bonds. The first-order valence-corrected chi connectivity index (χ1v) is 13.1. The molecule has 5 rings (SSSR count). The molecule has 1 aromatic carbocycles. The maximum absolute atomic E-state index is 13.5. The van der Waals surface area contributed by atoms with Crippen LogP contribution in [0.15, 0.2) is 29.2 Å². The van der Waals surface area contributed by atoms with Gasteiger partial charge in [-0.3, -0.25) is 19.2 Å². The third kappa shape index (κ3) is 4.90. The molecule has 3 heterocycles. The van der Waals surface area contributed by atoms with Crippen LogP contribution < -0.4 is 21.5 Å². The average Bonchev–Trinajstić information content (AvgIpc) is 3.53. The minimum atomic E-state index is -0.186. The van der Waals surface area contributed by atoms with Crippen LogP contribution in [0.5, 0.6) is 0 Å². The molecule has 9 nitrogen and oxygen atoms in total. The molecule has 1 aliphatic carbocycles. The number of hydrogen-bond acceptors (Lipinski definition) is 6. The van der Waals surface area contributed by atoms with Gasteiger partial charge in [-0.2, -0.15) is 5.10 Å². The number of pyridine rings is 1. The number of rotatable bonds is 7. The number of H-pyrrole nitrogens is 1. The third-order valence-corrected chi connectivity index (χ3v) is 7.72. The van der Waals surface area contributed by atoms with Crippen molar-refractivity contribution in [2.45, 2.75) is 52.1 Å².